The van der Waals surface area contributed by atoms with Crippen LogP contribution in [0.1, 0.15) is 33.1 Å². The molecular formula is C12H24N4O2. The van der Waals surface area contributed by atoms with Gasteiger partial charge in [-0.05, 0) is 25.2 Å². The molecule has 1 fully saturated rings. The van der Waals surface area contributed by atoms with E-state index in [0.717, 1.165) is 19.4 Å². The van der Waals surface area contributed by atoms with Crippen LogP contribution in [0.15, 0.2) is 4.99 Å². The number of hydrogen-bond acceptors (Lipinski definition) is 3. The molecular weight excluding hydrogens is 232 g/mol. The molecule has 6 nitrogen and oxygen atoms in total. The van der Waals surface area contributed by atoms with Crippen LogP contribution in [0.4, 0.5) is 0 Å². The van der Waals surface area contributed by atoms with Gasteiger partial charge < -0.3 is 21.5 Å². The Balaban J connectivity index is 2.21. The lowest BCUT2D eigenvalue weighted by molar-refractivity contribution is -0.128. The maximum atomic E-state index is 10.9. The molecule has 0 aliphatic carbocycles. The van der Waals surface area contributed by atoms with E-state index in [-0.39, 0.29) is 6.10 Å². The van der Waals surface area contributed by atoms with E-state index in [1.807, 2.05) is 0 Å². The molecule has 1 aliphatic rings. The van der Waals surface area contributed by atoms with Crippen molar-refractivity contribution in [3.8, 4) is 0 Å². The molecule has 1 aliphatic heterocycles. The first-order chi connectivity index (χ1) is 8.49. The molecule has 5 N–H and O–H groups in total. The Kier molecular flexibility index (Phi) is 5.91. The number of primary amides is 1. The van der Waals surface area contributed by atoms with Crippen LogP contribution in [0.25, 0.3) is 0 Å². The number of aliphatic imine (C=N–C) groups is 1. The Morgan fingerprint density at radius 2 is 2.17 bits per heavy atom. The van der Waals surface area contributed by atoms with E-state index in [4.69, 9.17) is 16.2 Å². The Morgan fingerprint density at radius 3 is 2.72 bits per heavy atom. The number of ether oxygens (including phenoxy) is 1. The average molecular weight is 256 g/mol. The molecule has 0 bridgehead atoms. The number of rotatable bonds is 6. The van der Waals surface area contributed by atoms with Gasteiger partial charge in [-0.15, -0.1) is 0 Å². The second-order valence-electron chi connectivity index (χ2n) is 5.06. The molecule has 1 heterocycles. The molecule has 0 saturated carbocycles. The van der Waals surface area contributed by atoms with Crippen LogP contribution >= 0.6 is 0 Å². The van der Waals surface area contributed by atoms with Crippen LogP contribution < -0.4 is 16.8 Å². The Morgan fingerprint density at radius 1 is 1.44 bits per heavy atom. The van der Waals surface area contributed by atoms with Gasteiger partial charge in [-0.25, -0.2) is 0 Å². The van der Waals surface area contributed by atoms with Crippen molar-refractivity contribution in [1.29, 1.82) is 0 Å². The summed E-state index contributed by atoms with van der Waals surface area (Å²) in [5, 5.41) is 3.05. The fourth-order valence-electron chi connectivity index (χ4n) is 1.79. The molecule has 104 valence electrons. The monoisotopic (exact) mass is 256 g/mol. The van der Waals surface area contributed by atoms with Crippen molar-refractivity contribution in [2.45, 2.75) is 45.3 Å². The van der Waals surface area contributed by atoms with Gasteiger partial charge in [0.25, 0.3) is 0 Å². The van der Waals surface area contributed by atoms with Crippen LogP contribution in [0.2, 0.25) is 0 Å². The van der Waals surface area contributed by atoms with Gasteiger partial charge in [0.05, 0.1) is 12.6 Å². The number of guanidine groups is 1. The molecule has 0 aromatic carbocycles. The van der Waals surface area contributed by atoms with Crippen LogP contribution in [0, 0.1) is 5.92 Å². The summed E-state index contributed by atoms with van der Waals surface area (Å²) in [6.07, 6.45) is 2.03. The Labute approximate surface area is 108 Å². The largest absolute Gasteiger partial charge is 0.370 e. The molecule has 0 radical (unpaired) electrons. The first-order valence-electron chi connectivity index (χ1n) is 6.47. The Hall–Kier alpha value is -1.30. The number of amides is 1. The minimum Gasteiger partial charge on any atom is -0.370 e. The highest BCUT2D eigenvalue weighted by Gasteiger charge is 2.28. The van der Waals surface area contributed by atoms with Crippen molar-refractivity contribution in [3.63, 3.8) is 0 Å². The van der Waals surface area contributed by atoms with Gasteiger partial charge in [0.15, 0.2) is 5.96 Å². The first kappa shape index (κ1) is 14.8. The fourth-order valence-corrected chi connectivity index (χ4v) is 1.79. The molecule has 1 saturated heterocycles. The average Bonchev–Trinajstić information content (AvgIpc) is 2.74. The van der Waals surface area contributed by atoms with E-state index in [2.05, 4.69) is 24.2 Å². The van der Waals surface area contributed by atoms with E-state index in [9.17, 15) is 4.79 Å². The molecule has 0 spiro atoms. The topological polar surface area (TPSA) is 103 Å². The lowest BCUT2D eigenvalue weighted by Crippen LogP contribution is -2.34. The predicted octanol–water partition coefficient (Wildman–Crippen LogP) is -0.0303. The summed E-state index contributed by atoms with van der Waals surface area (Å²) < 4.78 is 5.45. The lowest BCUT2D eigenvalue weighted by atomic mass is 10.1. The van der Waals surface area contributed by atoms with Crippen molar-refractivity contribution < 1.29 is 9.53 Å². The minimum atomic E-state index is -0.458. The summed E-state index contributed by atoms with van der Waals surface area (Å²) in [5.41, 5.74) is 10.9. The molecule has 1 amide bonds. The molecule has 18 heavy (non-hydrogen) atoms. The quantitative estimate of drug-likeness (QED) is 0.458. The molecule has 2 atom stereocenters. The molecule has 6 heteroatoms. The van der Waals surface area contributed by atoms with E-state index in [1.165, 1.54) is 0 Å². The Bertz CT molecular complexity index is 304. The maximum Gasteiger partial charge on any atom is 0.246 e. The summed E-state index contributed by atoms with van der Waals surface area (Å²) in [4.78, 5) is 15.1. The second kappa shape index (κ2) is 7.20. The van der Waals surface area contributed by atoms with Gasteiger partial charge in [-0.1, -0.05) is 13.8 Å². The van der Waals surface area contributed by atoms with Crippen molar-refractivity contribution in [3.05, 3.63) is 0 Å². The van der Waals surface area contributed by atoms with Crippen molar-refractivity contribution in [1.82, 2.24) is 5.32 Å². The van der Waals surface area contributed by atoms with Gasteiger partial charge in [-0.3, -0.25) is 9.79 Å². The summed E-state index contributed by atoms with van der Waals surface area (Å²) in [5.74, 6) is 0.672. The highest BCUT2D eigenvalue weighted by atomic mass is 16.5. The second-order valence-corrected chi connectivity index (χ2v) is 5.06. The number of carbonyl (C=O) groups is 1. The summed E-state index contributed by atoms with van der Waals surface area (Å²) in [6.45, 7) is 5.61. The van der Waals surface area contributed by atoms with Crippen molar-refractivity contribution in [2.75, 3.05) is 13.1 Å². The SMILES string of the molecule is CC(C)CCNC(N)=NCC1CCC(C(N)=O)O1. The summed E-state index contributed by atoms with van der Waals surface area (Å²) in [7, 11) is 0. The maximum absolute atomic E-state index is 10.9. The third-order valence-corrected chi connectivity index (χ3v) is 2.92. The number of nitrogens with two attached hydrogens (primary N) is 2. The zero-order valence-electron chi connectivity index (χ0n) is 11.2. The van der Waals surface area contributed by atoms with Crippen LogP contribution in [0.3, 0.4) is 0 Å². The smallest absolute Gasteiger partial charge is 0.246 e. The van der Waals surface area contributed by atoms with E-state index >= 15 is 0 Å². The van der Waals surface area contributed by atoms with Gasteiger partial charge >= 0.3 is 0 Å². The highest BCUT2D eigenvalue weighted by Crippen LogP contribution is 2.19. The lowest BCUT2D eigenvalue weighted by Gasteiger charge is -2.10. The molecule has 0 aromatic heterocycles. The van der Waals surface area contributed by atoms with E-state index in [1.54, 1.807) is 0 Å². The number of nitrogens with zero attached hydrogens (tertiary/aromatic N) is 1. The highest BCUT2D eigenvalue weighted by molar-refractivity contribution is 5.79. The third kappa shape index (κ3) is 5.35. The van der Waals surface area contributed by atoms with Gasteiger partial charge in [-0.2, -0.15) is 0 Å². The molecule has 1 rings (SSSR count). The van der Waals surface area contributed by atoms with Crippen molar-refractivity contribution >= 4 is 11.9 Å². The number of nitrogens with one attached hydrogen (secondary N) is 1. The van der Waals surface area contributed by atoms with Crippen LogP contribution in [-0.2, 0) is 9.53 Å². The third-order valence-electron chi connectivity index (χ3n) is 2.92. The molecule has 0 aromatic rings. The summed E-state index contributed by atoms with van der Waals surface area (Å²) in [6, 6.07) is 0. The van der Waals surface area contributed by atoms with Gasteiger partial charge in [0.2, 0.25) is 5.91 Å². The van der Waals surface area contributed by atoms with Gasteiger partial charge in [0, 0.05) is 6.54 Å². The van der Waals surface area contributed by atoms with Crippen LogP contribution in [0.5, 0.6) is 0 Å². The summed E-state index contributed by atoms with van der Waals surface area (Å²) >= 11 is 0. The van der Waals surface area contributed by atoms with Crippen LogP contribution in [-0.4, -0.2) is 37.2 Å². The normalized spacial score (nSPS) is 24.5. The number of hydrogen-bond donors (Lipinski definition) is 3. The zero-order valence-corrected chi connectivity index (χ0v) is 11.2. The van der Waals surface area contributed by atoms with Crippen molar-refractivity contribution in [2.24, 2.45) is 22.4 Å². The fraction of sp³-hybridized carbons (Fsp3) is 0.833. The van der Waals surface area contributed by atoms with E-state index in [0.29, 0.717) is 24.8 Å². The predicted molar refractivity (Wildman–Crippen MR) is 71.0 cm³/mol. The first-order valence-corrected chi connectivity index (χ1v) is 6.47. The minimum absolute atomic E-state index is 0.0482. The van der Waals surface area contributed by atoms with Gasteiger partial charge in [0.1, 0.15) is 6.10 Å². The zero-order chi connectivity index (χ0) is 13.5. The van der Waals surface area contributed by atoms with E-state index < -0.39 is 12.0 Å². The molecule has 2 unspecified atom stereocenters. The standard InChI is InChI=1S/C12H24N4O2/c1-8(2)5-6-15-12(14)16-7-9-3-4-10(18-9)11(13)17/h8-10H,3-7H2,1-2H3,(H2,13,17)(H3,14,15,16). The number of carbonyl (C=O) groups excluding carboxylic acids is 1.